The smallest absolute Gasteiger partial charge is 0.231 e. The van der Waals surface area contributed by atoms with Crippen LogP contribution in [0.1, 0.15) is 18.4 Å². The average Bonchev–Trinajstić information content (AvgIpc) is 2.72. The average molecular weight is 365 g/mol. The first kappa shape index (κ1) is 18.6. The number of methoxy groups -OCH3 is 3. The third-order valence-electron chi connectivity index (χ3n) is 4.62. The summed E-state index contributed by atoms with van der Waals surface area (Å²) in [4.78, 5) is 12.7. The van der Waals surface area contributed by atoms with Crippen molar-refractivity contribution in [1.29, 1.82) is 0 Å². The Bertz CT molecular complexity index is 968. The molecule has 5 heteroatoms. The van der Waals surface area contributed by atoms with E-state index in [4.69, 9.17) is 14.2 Å². The number of fused-ring (bicyclic) bond motifs is 1. The Labute approximate surface area is 158 Å². The van der Waals surface area contributed by atoms with Crippen molar-refractivity contribution in [2.75, 3.05) is 26.6 Å². The molecule has 0 saturated carbocycles. The minimum absolute atomic E-state index is 0.0879. The van der Waals surface area contributed by atoms with E-state index in [1.165, 1.54) is 0 Å². The van der Waals surface area contributed by atoms with E-state index < -0.39 is 0 Å². The lowest BCUT2D eigenvalue weighted by atomic mass is 9.97. The second kappa shape index (κ2) is 7.99. The van der Waals surface area contributed by atoms with Gasteiger partial charge in [-0.2, -0.15) is 0 Å². The molecule has 0 aliphatic carbocycles. The molecule has 1 atom stereocenters. The molecule has 27 heavy (non-hydrogen) atoms. The maximum atomic E-state index is 12.7. The number of hydrogen-bond donors (Lipinski definition) is 1. The van der Waals surface area contributed by atoms with Gasteiger partial charge in [-0.1, -0.05) is 24.3 Å². The molecule has 3 aromatic carbocycles. The van der Waals surface area contributed by atoms with E-state index in [-0.39, 0.29) is 11.8 Å². The van der Waals surface area contributed by atoms with Crippen LogP contribution < -0.4 is 19.5 Å². The third kappa shape index (κ3) is 3.97. The fourth-order valence-electron chi connectivity index (χ4n) is 2.95. The van der Waals surface area contributed by atoms with Gasteiger partial charge in [-0.15, -0.1) is 0 Å². The predicted molar refractivity (Wildman–Crippen MR) is 107 cm³/mol. The first-order valence-corrected chi connectivity index (χ1v) is 8.66. The third-order valence-corrected chi connectivity index (χ3v) is 4.62. The molecule has 1 amide bonds. The van der Waals surface area contributed by atoms with Gasteiger partial charge in [0.2, 0.25) is 5.91 Å². The zero-order chi connectivity index (χ0) is 19.4. The second-order valence-electron chi connectivity index (χ2n) is 6.25. The van der Waals surface area contributed by atoms with Crippen LogP contribution in [0.3, 0.4) is 0 Å². The number of carbonyl (C=O) groups excluding carboxylic acids is 1. The fraction of sp³-hybridized carbons (Fsp3) is 0.227. The summed E-state index contributed by atoms with van der Waals surface area (Å²) >= 11 is 0. The highest BCUT2D eigenvalue weighted by atomic mass is 16.5. The Balaban J connectivity index is 1.79. The molecule has 140 valence electrons. The molecule has 3 aromatic rings. The molecule has 0 unspecified atom stereocenters. The number of nitrogens with one attached hydrogen (secondary N) is 1. The molecule has 1 N–H and O–H groups in total. The molecule has 0 aliphatic rings. The van der Waals surface area contributed by atoms with Gasteiger partial charge in [0.25, 0.3) is 0 Å². The van der Waals surface area contributed by atoms with Crippen LogP contribution in [0.15, 0.2) is 54.6 Å². The maximum absolute atomic E-state index is 12.7. The first-order valence-electron chi connectivity index (χ1n) is 8.66. The summed E-state index contributed by atoms with van der Waals surface area (Å²) in [5.41, 5.74) is 1.61. The topological polar surface area (TPSA) is 56.8 Å². The monoisotopic (exact) mass is 365 g/mol. The van der Waals surface area contributed by atoms with Gasteiger partial charge in [-0.05, 0) is 47.5 Å². The van der Waals surface area contributed by atoms with Crippen LogP contribution in [-0.4, -0.2) is 27.2 Å². The highest BCUT2D eigenvalue weighted by molar-refractivity contribution is 5.96. The SMILES string of the molecule is COc1ccc2cc([C@H](C)C(=O)Nc3ccc(OC)c(OC)c3)ccc2c1. The molecule has 0 radical (unpaired) electrons. The molecule has 0 aromatic heterocycles. The van der Waals surface area contributed by atoms with Crippen LogP contribution >= 0.6 is 0 Å². The lowest BCUT2D eigenvalue weighted by molar-refractivity contribution is -0.117. The normalized spacial score (nSPS) is 11.7. The molecular formula is C22H23NO4. The minimum atomic E-state index is -0.301. The van der Waals surface area contributed by atoms with Crippen molar-refractivity contribution >= 4 is 22.4 Å². The second-order valence-corrected chi connectivity index (χ2v) is 6.25. The summed E-state index contributed by atoms with van der Waals surface area (Å²) in [5, 5.41) is 5.08. The van der Waals surface area contributed by atoms with E-state index in [2.05, 4.69) is 5.32 Å². The number of benzene rings is 3. The largest absolute Gasteiger partial charge is 0.497 e. The van der Waals surface area contributed by atoms with E-state index in [1.54, 1.807) is 39.5 Å². The molecule has 0 saturated heterocycles. The highest BCUT2D eigenvalue weighted by Crippen LogP contribution is 2.31. The molecular weight excluding hydrogens is 342 g/mol. The molecule has 3 rings (SSSR count). The zero-order valence-electron chi connectivity index (χ0n) is 15.9. The van der Waals surface area contributed by atoms with Crippen molar-refractivity contribution in [2.45, 2.75) is 12.8 Å². The van der Waals surface area contributed by atoms with Gasteiger partial charge in [-0.25, -0.2) is 0 Å². The van der Waals surface area contributed by atoms with Gasteiger partial charge in [0.15, 0.2) is 11.5 Å². The van der Waals surface area contributed by atoms with Crippen LogP contribution in [0.2, 0.25) is 0 Å². The fourth-order valence-corrected chi connectivity index (χ4v) is 2.95. The Morgan fingerprint density at radius 1 is 0.815 bits per heavy atom. The number of ether oxygens (including phenoxy) is 3. The lowest BCUT2D eigenvalue weighted by Gasteiger charge is -2.15. The molecule has 0 fully saturated rings. The minimum Gasteiger partial charge on any atom is -0.497 e. The van der Waals surface area contributed by atoms with Crippen LogP contribution in [-0.2, 0) is 4.79 Å². The molecule has 0 aliphatic heterocycles. The molecule has 0 heterocycles. The van der Waals surface area contributed by atoms with Gasteiger partial charge in [-0.3, -0.25) is 4.79 Å². The Morgan fingerprint density at radius 2 is 1.52 bits per heavy atom. The first-order chi connectivity index (χ1) is 13.0. The van der Waals surface area contributed by atoms with Crippen molar-refractivity contribution in [3.8, 4) is 17.2 Å². The lowest BCUT2D eigenvalue weighted by Crippen LogP contribution is -2.18. The van der Waals surface area contributed by atoms with E-state index in [0.29, 0.717) is 17.2 Å². The summed E-state index contributed by atoms with van der Waals surface area (Å²) in [6, 6.07) is 17.2. The summed E-state index contributed by atoms with van der Waals surface area (Å²) < 4.78 is 15.8. The number of anilines is 1. The van der Waals surface area contributed by atoms with E-state index in [9.17, 15) is 4.79 Å². The molecule has 0 spiro atoms. The van der Waals surface area contributed by atoms with Gasteiger partial charge in [0, 0.05) is 11.8 Å². The molecule has 5 nitrogen and oxygen atoms in total. The van der Waals surface area contributed by atoms with Gasteiger partial charge >= 0.3 is 0 Å². The van der Waals surface area contributed by atoms with E-state index in [0.717, 1.165) is 22.1 Å². The standard InChI is InChI=1S/C22H23NO4/c1-14(15-5-6-17-12-19(25-2)9-7-16(17)11-15)22(24)23-18-8-10-20(26-3)21(13-18)27-4/h5-14H,1-4H3,(H,23,24)/t14-/m0/s1. The number of amides is 1. The summed E-state index contributed by atoms with van der Waals surface area (Å²) in [5.74, 6) is 1.62. The highest BCUT2D eigenvalue weighted by Gasteiger charge is 2.17. The zero-order valence-corrected chi connectivity index (χ0v) is 15.9. The van der Waals surface area contributed by atoms with Crippen molar-refractivity contribution in [1.82, 2.24) is 0 Å². The number of hydrogen-bond acceptors (Lipinski definition) is 4. The van der Waals surface area contributed by atoms with Gasteiger partial charge in [0.05, 0.1) is 27.2 Å². The van der Waals surface area contributed by atoms with E-state index >= 15 is 0 Å². The van der Waals surface area contributed by atoms with Crippen LogP contribution in [0.25, 0.3) is 10.8 Å². The van der Waals surface area contributed by atoms with Gasteiger partial charge in [0.1, 0.15) is 5.75 Å². The van der Waals surface area contributed by atoms with Crippen LogP contribution in [0.5, 0.6) is 17.2 Å². The quantitative estimate of drug-likeness (QED) is 0.693. The van der Waals surface area contributed by atoms with Gasteiger partial charge < -0.3 is 19.5 Å². The summed E-state index contributed by atoms with van der Waals surface area (Å²) in [7, 11) is 4.79. The summed E-state index contributed by atoms with van der Waals surface area (Å²) in [6.45, 7) is 1.89. The van der Waals surface area contributed by atoms with Crippen molar-refractivity contribution in [3.63, 3.8) is 0 Å². The Hall–Kier alpha value is -3.21. The molecule has 0 bridgehead atoms. The van der Waals surface area contributed by atoms with Crippen molar-refractivity contribution < 1.29 is 19.0 Å². The van der Waals surface area contributed by atoms with Crippen LogP contribution in [0, 0.1) is 0 Å². The predicted octanol–water partition coefficient (Wildman–Crippen LogP) is 4.61. The van der Waals surface area contributed by atoms with Crippen molar-refractivity contribution in [3.05, 3.63) is 60.2 Å². The van der Waals surface area contributed by atoms with E-state index in [1.807, 2.05) is 43.3 Å². The maximum Gasteiger partial charge on any atom is 0.231 e. The Kier molecular flexibility index (Phi) is 5.50. The Morgan fingerprint density at radius 3 is 2.22 bits per heavy atom. The number of rotatable bonds is 6. The summed E-state index contributed by atoms with van der Waals surface area (Å²) in [6.07, 6.45) is 0. The van der Waals surface area contributed by atoms with Crippen molar-refractivity contribution in [2.24, 2.45) is 0 Å². The van der Waals surface area contributed by atoms with Crippen LogP contribution in [0.4, 0.5) is 5.69 Å². The number of carbonyl (C=O) groups is 1.